The lowest BCUT2D eigenvalue weighted by molar-refractivity contribution is 0.101. The van der Waals surface area contributed by atoms with Gasteiger partial charge in [0.25, 0.3) is 5.91 Å². The third kappa shape index (κ3) is 3.52. The van der Waals surface area contributed by atoms with E-state index in [-0.39, 0.29) is 22.9 Å². The van der Waals surface area contributed by atoms with Crippen molar-refractivity contribution in [1.82, 2.24) is 9.88 Å². The van der Waals surface area contributed by atoms with Gasteiger partial charge in [0.1, 0.15) is 17.1 Å². The largest absolute Gasteiger partial charge is 0.369 e. The number of halogens is 1. The van der Waals surface area contributed by atoms with Crippen LogP contribution in [0.2, 0.25) is 0 Å². The molecule has 1 atom stereocenters. The standard InChI is InChI=1S/C15H16FN5O4S/c1-8-5-12(20-25-8)13(22)18-9-3-4-11(16)10(6-9)15(2)7-26(23,24)21-14(17)19-15/h3-6H,7H2,1-2H3,(H,18,22)(H3,17,19,21)/t15-/m0/s1. The van der Waals surface area contributed by atoms with Crippen LogP contribution < -0.4 is 15.8 Å². The number of aromatic nitrogens is 1. The lowest BCUT2D eigenvalue weighted by atomic mass is 9.93. The molecule has 1 aromatic heterocycles. The number of amides is 1. The summed E-state index contributed by atoms with van der Waals surface area (Å²) in [4.78, 5) is 16.2. The Bertz CT molecular complexity index is 1020. The second-order valence-electron chi connectivity index (χ2n) is 6.10. The lowest BCUT2D eigenvalue weighted by Crippen LogP contribution is -2.49. The van der Waals surface area contributed by atoms with Crippen LogP contribution in [0, 0.1) is 12.7 Å². The van der Waals surface area contributed by atoms with E-state index in [1.54, 1.807) is 6.92 Å². The average molecular weight is 381 g/mol. The van der Waals surface area contributed by atoms with E-state index in [2.05, 4.69) is 20.2 Å². The SMILES string of the molecule is Cc1cc(C(=O)Nc2ccc(F)c([C@]3(C)CS(=O)(=O)NC(N)=N3)c2)no1. The van der Waals surface area contributed by atoms with Crippen molar-refractivity contribution in [3.63, 3.8) is 0 Å². The van der Waals surface area contributed by atoms with Gasteiger partial charge in [-0.25, -0.2) is 17.8 Å². The summed E-state index contributed by atoms with van der Waals surface area (Å²) in [5.74, 6) is -1.57. The summed E-state index contributed by atoms with van der Waals surface area (Å²) >= 11 is 0. The van der Waals surface area contributed by atoms with Crippen LogP contribution in [-0.2, 0) is 15.6 Å². The normalized spacial score (nSPS) is 21.6. The molecule has 1 aliphatic rings. The van der Waals surface area contributed by atoms with Crippen LogP contribution in [0.5, 0.6) is 0 Å². The number of sulfonamides is 1. The first-order chi connectivity index (χ1) is 12.1. The van der Waals surface area contributed by atoms with E-state index < -0.39 is 33.0 Å². The third-order valence-electron chi connectivity index (χ3n) is 3.76. The second-order valence-corrected chi connectivity index (χ2v) is 7.83. The molecule has 0 unspecified atom stereocenters. The summed E-state index contributed by atoms with van der Waals surface area (Å²) in [6, 6.07) is 5.23. The van der Waals surface area contributed by atoms with Crippen LogP contribution in [0.15, 0.2) is 33.8 Å². The molecule has 0 saturated heterocycles. The lowest BCUT2D eigenvalue weighted by Gasteiger charge is -2.30. The number of aryl methyl sites for hydroxylation is 1. The van der Waals surface area contributed by atoms with Crippen molar-refractivity contribution < 1.29 is 22.1 Å². The number of nitrogens with two attached hydrogens (primary N) is 1. The van der Waals surface area contributed by atoms with Crippen LogP contribution >= 0.6 is 0 Å². The van der Waals surface area contributed by atoms with Gasteiger partial charge in [0.05, 0.1) is 5.75 Å². The smallest absolute Gasteiger partial charge is 0.277 e. The number of guanidine groups is 1. The molecule has 2 heterocycles. The predicted molar refractivity (Wildman–Crippen MR) is 91.5 cm³/mol. The fraction of sp³-hybridized carbons (Fsp3) is 0.267. The molecular formula is C15H16FN5O4S. The number of anilines is 1. The van der Waals surface area contributed by atoms with E-state index in [4.69, 9.17) is 10.3 Å². The van der Waals surface area contributed by atoms with Crippen molar-refractivity contribution in [2.24, 2.45) is 10.7 Å². The first kappa shape index (κ1) is 17.9. The fourth-order valence-corrected chi connectivity index (χ4v) is 4.11. The Balaban J connectivity index is 1.95. The maximum absolute atomic E-state index is 14.4. The number of nitrogens with one attached hydrogen (secondary N) is 2. The van der Waals surface area contributed by atoms with Crippen LogP contribution in [0.4, 0.5) is 10.1 Å². The highest BCUT2D eigenvalue weighted by Crippen LogP contribution is 2.33. The third-order valence-corrected chi connectivity index (χ3v) is 5.23. The van der Waals surface area contributed by atoms with E-state index in [1.807, 2.05) is 0 Å². The van der Waals surface area contributed by atoms with Gasteiger partial charge in [0, 0.05) is 17.3 Å². The quantitative estimate of drug-likeness (QED) is 0.720. The molecule has 11 heteroatoms. The van der Waals surface area contributed by atoms with E-state index in [0.29, 0.717) is 5.76 Å². The highest BCUT2D eigenvalue weighted by molar-refractivity contribution is 7.90. The first-order valence-corrected chi connectivity index (χ1v) is 9.14. The van der Waals surface area contributed by atoms with Crippen molar-refractivity contribution in [1.29, 1.82) is 0 Å². The zero-order chi connectivity index (χ0) is 19.1. The Morgan fingerprint density at radius 2 is 2.15 bits per heavy atom. The summed E-state index contributed by atoms with van der Waals surface area (Å²) < 4.78 is 45.1. The molecule has 0 radical (unpaired) electrons. The second kappa shape index (κ2) is 6.09. The van der Waals surface area contributed by atoms with Gasteiger partial charge in [-0.05, 0) is 32.0 Å². The minimum atomic E-state index is -3.76. The summed E-state index contributed by atoms with van der Waals surface area (Å²) in [5.41, 5.74) is 4.37. The maximum Gasteiger partial charge on any atom is 0.277 e. The van der Waals surface area contributed by atoms with Crippen molar-refractivity contribution >= 4 is 27.6 Å². The molecule has 1 aromatic carbocycles. The molecule has 0 spiro atoms. The van der Waals surface area contributed by atoms with Crippen LogP contribution in [0.3, 0.4) is 0 Å². The minimum Gasteiger partial charge on any atom is -0.369 e. The van der Waals surface area contributed by atoms with E-state index in [9.17, 15) is 17.6 Å². The molecule has 0 fully saturated rings. The average Bonchev–Trinajstić information content (AvgIpc) is 2.93. The number of carbonyl (C=O) groups is 1. The fourth-order valence-electron chi connectivity index (χ4n) is 2.71. The minimum absolute atomic E-state index is 0.0142. The van der Waals surface area contributed by atoms with E-state index >= 15 is 0 Å². The van der Waals surface area contributed by atoms with Crippen LogP contribution in [-0.4, -0.2) is 31.2 Å². The number of benzene rings is 1. The van der Waals surface area contributed by atoms with E-state index in [1.165, 1.54) is 25.1 Å². The molecule has 26 heavy (non-hydrogen) atoms. The van der Waals surface area contributed by atoms with Gasteiger partial charge in [-0.1, -0.05) is 5.16 Å². The van der Waals surface area contributed by atoms with Crippen molar-refractivity contribution in [3.8, 4) is 0 Å². The topological polar surface area (TPSA) is 140 Å². The van der Waals surface area contributed by atoms with Crippen molar-refractivity contribution in [2.75, 3.05) is 11.1 Å². The maximum atomic E-state index is 14.4. The van der Waals surface area contributed by atoms with Gasteiger partial charge < -0.3 is 15.6 Å². The highest BCUT2D eigenvalue weighted by atomic mass is 32.2. The summed E-state index contributed by atoms with van der Waals surface area (Å²) in [6.45, 7) is 3.09. The molecule has 0 aliphatic carbocycles. The number of hydrogen-bond acceptors (Lipinski definition) is 7. The van der Waals surface area contributed by atoms with Crippen molar-refractivity contribution in [3.05, 3.63) is 47.1 Å². The van der Waals surface area contributed by atoms with Gasteiger partial charge in [0.15, 0.2) is 5.69 Å². The molecule has 0 bridgehead atoms. The van der Waals surface area contributed by atoms with Gasteiger partial charge in [-0.2, -0.15) is 0 Å². The Labute approximate surface area is 148 Å². The monoisotopic (exact) mass is 381 g/mol. The molecular weight excluding hydrogens is 365 g/mol. The van der Waals surface area contributed by atoms with Crippen LogP contribution in [0.25, 0.3) is 0 Å². The Morgan fingerprint density at radius 1 is 1.42 bits per heavy atom. The Morgan fingerprint density at radius 3 is 2.77 bits per heavy atom. The number of carbonyl (C=O) groups excluding carboxylic acids is 1. The number of rotatable bonds is 3. The summed E-state index contributed by atoms with van der Waals surface area (Å²) in [5, 5.41) is 6.15. The summed E-state index contributed by atoms with van der Waals surface area (Å²) in [7, 11) is -3.76. The molecule has 4 N–H and O–H groups in total. The zero-order valence-corrected chi connectivity index (χ0v) is 14.7. The zero-order valence-electron chi connectivity index (χ0n) is 13.9. The van der Waals surface area contributed by atoms with Gasteiger partial charge >= 0.3 is 0 Å². The first-order valence-electron chi connectivity index (χ1n) is 7.48. The Kier molecular flexibility index (Phi) is 4.18. The van der Waals surface area contributed by atoms with Gasteiger partial charge in [-0.15, -0.1) is 0 Å². The molecule has 138 valence electrons. The van der Waals surface area contributed by atoms with E-state index in [0.717, 1.165) is 6.07 Å². The molecule has 0 saturated carbocycles. The number of nitrogens with zero attached hydrogens (tertiary/aromatic N) is 2. The number of hydrogen-bond donors (Lipinski definition) is 3. The highest BCUT2D eigenvalue weighted by Gasteiger charge is 2.39. The molecule has 2 aromatic rings. The molecule has 1 amide bonds. The summed E-state index contributed by atoms with van der Waals surface area (Å²) in [6.07, 6.45) is 0. The molecule has 9 nitrogen and oxygen atoms in total. The Hall–Kier alpha value is -2.95. The van der Waals surface area contributed by atoms with Gasteiger partial charge in [-0.3, -0.25) is 9.52 Å². The molecule has 1 aliphatic heterocycles. The molecule has 3 rings (SSSR count). The predicted octanol–water partition coefficient (Wildman–Crippen LogP) is 0.837. The van der Waals surface area contributed by atoms with Crippen molar-refractivity contribution in [2.45, 2.75) is 19.4 Å². The van der Waals surface area contributed by atoms with Crippen LogP contribution in [0.1, 0.15) is 28.7 Å². The number of aliphatic imine (C=N–C) groups is 1. The van der Waals surface area contributed by atoms with Gasteiger partial charge in [0.2, 0.25) is 16.0 Å².